The van der Waals surface area contributed by atoms with Crippen LogP contribution in [0.4, 0.5) is 4.79 Å². The summed E-state index contributed by atoms with van der Waals surface area (Å²) in [5.74, 6) is 0.182. The van der Waals surface area contributed by atoms with Crippen molar-refractivity contribution in [1.82, 2.24) is 4.90 Å². The number of hydrogen-bond donors (Lipinski definition) is 0. The van der Waals surface area contributed by atoms with Gasteiger partial charge in [-0.2, -0.15) is 0 Å². The Kier molecular flexibility index (Phi) is 5.98. The Bertz CT molecular complexity index is 376. The number of carbonyl (C=O) groups is 2. The molecule has 0 aromatic rings. The lowest BCUT2D eigenvalue weighted by molar-refractivity contribution is -0.126. The van der Waals surface area contributed by atoms with Crippen LogP contribution in [0.15, 0.2) is 0 Å². The predicted octanol–water partition coefficient (Wildman–Crippen LogP) is 3.05. The van der Waals surface area contributed by atoms with Gasteiger partial charge in [-0.25, -0.2) is 4.79 Å². The summed E-state index contributed by atoms with van der Waals surface area (Å²) in [4.78, 5) is 25.7. The quantitative estimate of drug-likeness (QED) is 0.748. The Morgan fingerprint density at radius 2 is 1.67 bits per heavy atom. The van der Waals surface area contributed by atoms with Crippen molar-refractivity contribution in [2.75, 3.05) is 19.7 Å². The number of ketones is 1. The first-order valence-corrected chi connectivity index (χ1v) is 11.0. The highest BCUT2D eigenvalue weighted by Gasteiger charge is 2.30. The number of ether oxygens (including phenoxy) is 1. The van der Waals surface area contributed by atoms with Gasteiger partial charge in [0.05, 0.1) is 6.61 Å². The van der Waals surface area contributed by atoms with E-state index in [4.69, 9.17) is 9.16 Å². The SMILES string of the molecule is CC(C)(C)OC(=O)N1CCC(C(=O)CO[Si](C)(C)C)CC1. The molecule has 1 amide bonds. The first kappa shape index (κ1) is 18.2. The molecule has 1 rings (SSSR count). The van der Waals surface area contributed by atoms with Crippen LogP contribution in [0.25, 0.3) is 0 Å². The summed E-state index contributed by atoms with van der Waals surface area (Å²) < 4.78 is 11.0. The highest BCUT2D eigenvalue weighted by atomic mass is 28.4. The molecule has 0 bridgehead atoms. The minimum absolute atomic E-state index is 0.0139. The summed E-state index contributed by atoms with van der Waals surface area (Å²) in [6, 6.07) is 0. The summed E-state index contributed by atoms with van der Waals surface area (Å²) in [6.07, 6.45) is 1.12. The smallest absolute Gasteiger partial charge is 0.410 e. The molecule has 1 heterocycles. The molecule has 0 aromatic carbocycles. The largest absolute Gasteiger partial charge is 0.444 e. The number of carbonyl (C=O) groups excluding carboxylic acids is 2. The summed E-state index contributed by atoms with van der Waals surface area (Å²) in [5, 5.41) is 0. The first-order valence-electron chi connectivity index (χ1n) is 7.62. The van der Waals surface area contributed by atoms with Crippen LogP contribution >= 0.6 is 0 Å². The van der Waals surface area contributed by atoms with Crippen LogP contribution in [-0.4, -0.2) is 50.4 Å². The van der Waals surface area contributed by atoms with Crippen molar-refractivity contribution in [3.63, 3.8) is 0 Å². The van der Waals surface area contributed by atoms with Gasteiger partial charge in [0, 0.05) is 19.0 Å². The highest BCUT2D eigenvalue weighted by molar-refractivity contribution is 6.69. The van der Waals surface area contributed by atoms with Crippen LogP contribution in [-0.2, 0) is 14.0 Å². The minimum atomic E-state index is -1.65. The van der Waals surface area contributed by atoms with E-state index in [1.54, 1.807) is 4.90 Å². The van der Waals surface area contributed by atoms with Crippen molar-refractivity contribution in [3.8, 4) is 0 Å². The van der Waals surface area contributed by atoms with E-state index in [0.717, 1.165) is 0 Å². The van der Waals surface area contributed by atoms with Gasteiger partial charge in [0.1, 0.15) is 5.60 Å². The second-order valence-corrected chi connectivity index (χ2v) is 12.1. The van der Waals surface area contributed by atoms with E-state index in [1.165, 1.54) is 0 Å². The molecule has 1 fully saturated rings. The maximum absolute atomic E-state index is 12.1. The van der Waals surface area contributed by atoms with Crippen LogP contribution in [0.1, 0.15) is 33.6 Å². The molecular weight excluding hydrogens is 286 g/mol. The van der Waals surface area contributed by atoms with Gasteiger partial charge in [0.15, 0.2) is 14.1 Å². The average molecular weight is 315 g/mol. The summed E-state index contributed by atoms with van der Waals surface area (Å²) >= 11 is 0. The maximum Gasteiger partial charge on any atom is 0.410 e. The summed E-state index contributed by atoms with van der Waals surface area (Å²) in [5.41, 5.74) is -0.477. The Balaban J connectivity index is 2.38. The number of amides is 1. The molecular formula is C15H29NO4Si. The van der Waals surface area contributed by atoms with Gasteiger partial charge in [-0.1, -0.05) is 0 Å². The van der Waals surface area contributed by atoms with Gasteiger partial charge < -0.3 is 14.1 Å². The predicted molar refractivity (Wildman–Crippen MR) is 84.8 cm³/mol. The molecule has 0 spiro atoms. The van der Waals surface area contributed by atoms with Gasteiger partial charge in [0.2, 0.25) is 0 Å². The van der Waals surface area contributed by atoms with Crippen LogP contribution in [0.3, 0.4) is 0 Å². The zero-order chi connectivity index (χ0) is 16.3. The second-order valence-electron chi connectivity index (χ2n) is 7.61. The summed E-state index contributed by atoms with van der Waals surface area (Å²) in [7, 11) is -1.65. The van der Waals surface area contributed by atoms with Crippen LogP contribution in [0.2, 0.25) is 19.6 Å². The zero-order valence-electron chi connectivity index (χ0n) is 14.2. The van der Waals surface area contributed by atoms with E-state index in [-0.39, 0.29) is 24.4 Å². The molecule has 1 aliphatic heterocycles. The van der Waals surface area contributed by atoms with E-state index >= 15 is 0 Å². The van der Waals surface area contributed by atoms with Crippen molar-refractivity contribution in [3.05, 3.63) is 0 Å². The summed E-state index contributed by atoms with van der Waals surface area (Å²) in [6.45, 7) is 13.2. The molecule has 1 saturated heterocycles. The molecule has 122 valence electrons. The van der Waals surface area contributed by atoms with Gasteiger partial charge in [-0.05, 0) is 53.3 Å². The fourth-order valence-electron chi connectivity index (χ4n) is 2.12. The second kappa shape index (κ2) is 6.92. The lowest BCUT2D eigenvalue weighted by atomic mass is 9.93. The Labute approximate surface area is 129 Å². The van der Waals surface area contributed by atoms with E-state index in [9.17, 15) is 9.59 Å². The molecule has 0 saturated carbocycles. The Morgan fingerprint density at radius 3 is 2.10 bits per heavy atom. The molecule has 6 heteroatoms. The van der Waals surface area contributed by atoms with Crippen molar-refractivity contribution >= 4 is 20.2 Å². The third-order valence-electron chi connectivity index (χ3n) is 3.25. The van der Waals surface area contributed by atoms with Gasteiger partial charge in [-0.3, -0.25) is 4.79 Å². The fourth-order valence-corrected chi connectivity index (χ4v) is 2.69. The average Bonchev–Trinajstić information content (AvgIpc) is 2.33. The number of hydrogen-bond acceptors (Lipinski definition) is 4. The molecule has 0 radical (unpaired) electrons. The lowest BCUT2D eigenvalue weighted by Gasteiger charge is -2.33. The number of Topliss-reactive ketones (excluding diaryl/α,β-unsaturated/α-hetero) is 1. The number of piperidine rings is 1. The lowest BCUT2D eigenvalue weighted by Crippen LogP contribution is -2.43. The molecule has 0 atom stereocenters. The first-order chi connectivity index (χ1) is 9.48. The minimum Gasteiger partial charge on any atom is -0.444 e. The standard InChI is InChI=1S/C15H29NO4Si/c1-15(2,3)20-14(18)16-9-7-12(8-10-16)13(17)11-19-21(4,5)6/h12H,7-11H2,1-6H3. The van der Waals surface area contributed by atoms with E-state index < -0.39 is 13.9 Å². The number of rotatable bonds is 4. The van der Waals surface area contributed by atoms with Crippen molar-refractivity contribution < 1.29 is 18.8 Å². The van der Waals surface area contributed by atoms with Crippen molar-refractivity contribution in [2.24, 2.45) is 5.92 Å². The Hall–Kier alpha value is -0.883. The molecule has 0 unspecified atom stereocenters. The third kappa shape index (κ3) is 7.08. The van der Waals surface area contributed by atoms with Crippen LogP contribution in [0.5, 0.6) is 0 Å². The molecule has 21 heavy (non-hydrogen) atoms. The van der Waals surface area contributed by atoms with Gasteiger partial charge in [0.25, 0.3) is 0 Å². The zero-order valence-corrected chi connectivity index (χ0v) is 15.2. The van der Waals surface area contributed by atoms with Gasteiger partial charge in [-0.15, -0.1) is 0 Å². The van der Waals surface area contributed by atoms with Crippen molar-refractivity contribution in [1.29, 1.82) is 0 Å². The molecule has 5 nitrogen and oxygen atoms in total. The topological polar surface area (TPSA) is 55.8 Å². The normalized spacial score (nSPS) is 17.7. The number of nitrogens with zero attached hydrogens (tertiary/aromatic N) is 1. The van der Waals surface area contributed by atoms with Crippen molar-refractivity contribution in [2.45, 2.75) is 58.9 Å². The third-order valence-corrected chi connectivity index (χ3v) is 4.26. The van der Waals surface area contributed by atoms with E-state index in [2.05, 4.69) is 19.6 Å². The fraction of sp³-hybridized carbons (Fsp3) is 0.867. The maximum atomic E-state index is 12.1. The van der Waals surface area contributed by atoms with Gasteiger partial charge >= 0.3 is 6.09 Å². The van der Waals surface area contributed by atoms with Crippen LogP contribution < -0.4 is 0 Å². The van der Waals surface area contributed by atoms with Crippen LogP contribution in [0, 0.1) is 5.92 Å². The monoisotopic (exact) mass is 315 g/mol. The Morgan fingerprint density at radius 1 is 1.14 bits per heavy atom. The highest BCUT2D eigenvalue weighted by Crippen LogP contribution is 2.21. The molecule has 0 N–H and O–H groups in total. The number of likely N-dealkylation sites (tertiary alicyclic amines) is 1. The molecule has 0 aliphatic carbocycles. The molecule has 0 aromatic heterocycles. The molecule has 1 aliphatic rings. The van der Waals surface area contributed by atoms with E-state index in [0.29, 0.717) is 25.9 Å². The van der Waals surface area contributed by atoms with E-state index in [1.807, 2.05) is 20.8 Å².